The maximum atomic E-state index is 11.5. The number of fused-ring (bicyclic) bond motifs is 1. The lowest BCUT2D eigenvalue weighted by Crippen LogP contribution is -2.04. The first kappa shape index (κ1) is 17.5. The molecule has 130 valence electrons. The fourth-order valence-electron chi connectivity index (χ4n) is 2.23. The van der Waals surface area contributed by atoms with Crippen molar-refractivity contribution < 1.29 is 22.8 Å². The molecule has 0 radical (unpaired) electrons. The highest BCUT2D eigenvalue weighted by molar-refractivity contribution is 7.99. The molecule has 0 fully saturated rings. The summed E-state index contributed by atoms with van der Waals surface area (Å²) in [5.41, 5.74) is 1.36. The lowest BCUT2D eigenvalue weighted by molar-refractivity contribution is -0.140. The zero-order valence-corrected chi connectivity index (χ0v) is 15.2. The molecule has 3 rings (SSSR count). The molecule has 0 aliphatic carbocycles. The number of nitrogens with zero attached hydrogens (tertiary/aromatic N) is 1. The summed E-state index contributed by atoms with van der Waals surface area (Å²) in [5.74, 6) is 0.189. The predicted molar refractivity (Wildman–Crippen MR) is 93.9 cm³/mol. The van der Waals surface area contributed by atoms with Crippen molar-refractivity contribution in [3.8, 4) is 5.75 Å². The predicted octanol–water partition coefficient (Wildman–Crippen LogP) is 2.90. The van der Waals surface area contributed by atoms with E-state index in [0.717, 1.165) is 15.4 Å². The summed E-state index contributed by atoms with van der Waals surface area (Å²) < 4.78 is 28.6. The summed E-state index contributed by atoms with van der Waals surface area (Å²) in [6.45, 7) is 1.54. The van der Waals surface area contributed by atoms with E-state index >= 15 is 0 Å². The Hall–Kier alpha value is -2.32. The molecule has 0 aromatic heterocycles. The number of oxime groups is 1. The summed E-state index contributed by atoms with van der Waals surface area (Å²) in [6, 6.07) is 12.4. The molecule has 2 aromatic carbocycles. The number of hydrogen-bond acceptors (Lipinski definition) is 7. The van der Waals surface area contributed by atoms with Crippen molar-refractivity contribution in [2.24, 2.45) is 5.16 Å². The van der Waals surface area contributed by atoms with E-state index in [2.05, 4.69) is 9.99 Å². The van der Waals surface area contributed by atoms with Crippen LogP contribution in [0.15, 0.2) is 62.3 Å². The highest BCUT2D eigenvalue weighted by Crippen LogP contribution is 2.34. The Bertz CT molecular complexity index is 950. The molecule has 2 aromatic rings. The van der Waals surface area contributed by atoms with E-state index in [4.69, 9.17) is 4.74 Å². The maximum Gasteiger partial charge on any atom is 0.331 e. The molecule has 6 nitrogen and oxygen atoms in total. The van der Waals surface area contributed by atoms with Crippen LogP contribution in [0.4, 0.5) is 0 Å². The number of carbonyl (C=O) groups is 1. The lowest BCUT2D eigenvalue weighted by atomic mass is 10.1. The molecule has 0 saturated heterocycles. The summed E-state index contributed by atoms with van der Waals surface area (Å²) in [4.78, 5) is 17.7. The first-order chi connectivity index (χ1) is 11.8. The van der Waals surface area contributed by atoms with Crippen LogP contribution in [0, 0.1) is 0 Å². The van der Waals surface area contributed by atoms with Crippen LogP contribution >= 0.6 is 11.8 Å². The number of hydrogen-bond donors (Lipinski definition) is 0. The van der Waals surface area contributed by atoms with Gasteiger partial charge in [0.1, 0.15) is 18.1 Å². The highest BCUT2D eigenvalue weighted by atomic mass is 32.2. The lowest BCUT2D eigenvalue weighted by Gasteiger charge is -2.05. The number of ether oxygens (including phenoxy) is 1. The number of carbonyl (C=O) groups excluding carboxylic acids is 1. The largest absolute Gasteiger partial charge is 0.486 e. The van der Waals surface area contributed by atoms with Crippen molar-refractivity contribution in [2.45, 2.75) is 21.6 Å². The molecule has 0 unspecified atom stereocenters. The maximum absolute atomic E-state index is 11.5. The van der Waals surface area contributed by atoms with Crippen LogP contribution in [0.1, 0.15) is 12.5 Å². The Kier molecular flexibility index (Phi) is 4.82. The van der Waals surface area contributed by atoms with E-state index in [-0.39, 0.29) is 6.61 Å². The Balaban J connectivity index is 1.77. The molecule has 0 spiro atoms. The van der Waals surface area contributed by atoms with Gasteiger partial charge in [-0.25, -0.2) is 13.2 Å². The molecule has 1 aliphatic heterocycles. The van der Waals surface area contributed by atoms with Crippen LogP contribution in [0.25, 0.3) is 0 Å². The molecule has 25 heavy (non-hydrogen) atoms. The van der Waals surface area contributed by atoms with Gasteiger partial charge in [-0.05, 0) is 42.5 Å². The number of sulfone groups is 1. The van der Waals surface area contributed by atoms with Crippen molar-refractivity contribution in [3.63, 3.8) is 0 Å². The Labute approximate surface area is 149 Å². The second kappa shape index (κ2) is 6.89. The van der Waals surface area contributed by atoms with Gasteiger partial charge in [-0.3, -0.25) is 0 Å². The Morgan fingerprint density at radius 3 is 2.48 bits per heavy atom. The van der Waals surface area contributed by atoms with Gasteiger partial charge in [0.2, 0.25) is 0 Å². The van der Waals surface area contributed by atoms with E-state index in [1.165, 1.54) is 24.9 Å². The van der Waals surface area contributed by atoms with Gasteiger partial charge in [0.15, 0.2) is 9.84 Å². The normalized spacial score (nSPS) is 14.9. The van der Waals surface area contributed by atoms with E-state index in [1.807, 2.05) is 18.2 Å². The van der Waals surface area contributed by atoms with Gasteiger partial charge >= 0.3 is 5.97 Å². The molecule has 1 aliphatic rings. The summed E-state index contributed by atoms with van der Waals surface area (Å²) in [6.07, 6.45) is 1.18. The van der Waals surface area contributed by atoms with Crippen LogP contribution in [0.2, 0.25) is 0 Å². The smallest absolute Gasteiger partial charge is 0.331 e. The van der Waals surface area contributed by atoms with Crippen LogP contribution in [0.5, 0.6) is 5.75 Å². The third kappa shape index (κ3) is 4.21. The van der Waals surface area contributed by atoms with Gasteiger partial charge < -0.3 is 9.57 Å². The fourth-order valence-corrected chi connectivity index (χ4v) is 3.71. The molecule has 0 amide bonds. The summed E-state index contributed by atoms with van der Waals surface area (Å²) in [7, 11) is -3.20. The minimum absolute atomic E-state index is 0.250. The molecule has 1 heterocycles. The minimum Gasteiger partial charge on any atom is -0.486 e. The Morgan fingerprint density at radius 1 is 1.16 bits per heavy atom. The van der Waals surface area contributed by atoms with Crippen LogP contribution in [-0.4, -0.2) is 33.0 Å². The first-order valence-electron chi connectivity index (χ1n) is 7.32. The highest BCUT2D eigenvalue weighted by Gasteiger charge is 2.21. The molecular weight excluding hydrogens is 362 g/mol. The van der Waals surface area contributed by atoms with Gasteiger partial charge in [0.25, 0.3) is 0 Å². The molecule has 8 heteroatoms. The zero-order chi connectivity index (χ0) is 18.0. The van der Waals surface area contributed by atoms with Crippen molar-refractivity contribution >= 4 is 33.3 Å². The SMILES string of the molecule is CC(=O)O/N=C1/COc2cc(Sc3ccc(S(C)(=O)=O)cc3)ccc21. The molecule has 0 N–H and O–H groups in total. The topological polar surface area (TPSA) is 82.0 Å². The number of rotatable bonds is 4. The van der Waals surface area contributed by atoms with Crippen molar-refractivity contribution in [3.05, 3.63) is 48.0 Å². The first-order valence-corrected chi connectivity index (χ1v) is 10.0. The average Bonchev–Trinajstić information content (AvgIpc) is 2.95. The standard InChI is InChI=1S/C17H15NO5S2/c1-11(19)23-18-16-10-22-17-9-13(5-8-15(16)17)24-12-3-6-14(7-4-12)25(2,20)21/h3-9H,10H2,1-2H3/b18-16-. The summed E-state index contributed by atoms with van der Waals surface area (Å²) in [5, 5.41) is 3.79. The van der Waals surface area contributed by atoms with Gasteiger partial charge in [0, 0.05) is 28.5 Å². The second-order valence-electron chi connectivity index (χ2n) is 5.41. The molecular formula is C17H15NO5S2. The van der Waals surface area contributed by atoms with E-state index < -0.39 is 15.8 Å². The molecule has 0 saturated carbocycles. The molecule has 0 atom stereocenters. The quantitative estimate of drug-likeness (QED) is 0.602. The summed E-state index contributed by atoms with van der Waals surface area (Å²) >= 11 is 1.49. The van der Waals surface area contributed by atoms with Crippen molar-refractivity contribution in [1.82, 2.24) is 0 Å². The Morgan fingerprint density at radius 2 is 1.84 bits per heavy atom. The molecule has 0 bridgehead atoms. The van der Waals surface area contributed by atoms with Gasteiger partial charge in [-0.2, -0.15) is 0 Å². The van der Waals surface area contributed by atoms with E-state index in [0.29, 0.717) is 16.4 Å². The third-order valence-corrected chi connectivity index (χ3v) is 5.53. The van der Waals surface area contributed by atoms with Crippen LogP contribution in [-0.2, 0) is 19.5 Å². The van der Waals surface area contributed by atoms with Crippen LogP contribution < -0.4 is 4.74 Å². The van der Waals surface area contributed by atoms with Gasteiger partial charge in [-0.15, -0.1) is 0 Å². The van der Waals surface area contributed by atoms with Crippen molar-refractivity contribution in [2.75, 3.05) is 12.9 Å². The van der Waals surface area contributed by atoms with Crippen molar-refractivity contribution in [1.29, 1.82) is 0 Å². The van der Waals surface area contributed by atoms with Gasteiger partial charge in [0.05, 0.1) is 4.90 Å². The van der Waals surface area contributed by atoms with Crippen LogP contribution in [0.3, 0.4) is 0 Å². The second-order valence-corrected chi connectivity index (χ2v) is 8.58. The number of benzene rings is 2. The van der Waals surface area contributed by atoms with E-state index in [1.54, 1.807) is 24.3 Å². The third-order valence-electron chi connectivity index (χ3n) is 3.40. The fraction of sp³-hybridized carbons (Fsp3) is 0.176. The monoisotopic (exact) mass is 377 g/mol. The van der Waals surface area contributed by atoms with E-state index in [9.17, 15) is 13.2 Å². The average molecular weight is 377 g/mol. The zero-order valence-electron chi connectivity index (χ0n) is 13.6. The minimum atomic E-state index is -3.20. The van der Waals surface area contributed by atoms with Gasteiger partial charge in [-0.1, -0.05) is 16.9 Å².